The second-order valence-electron chi connectivity index (χ2n) is 7.36. The van der Waals surface area contributed by atoms with Gasteiger partial charge in [-0.1, -0.05) is 36.4 Å². The lowest BCUT2D eigenvalue weighted by Gasteiger charge is -2.52. The summed E-state index contributed by atoms with van der Waals surface area (Å²) in [4.78, 5) is 17.1. The zero-order chi connectivity index (χ0) is 17.4. The fraction of sp³-hybridized carbons (Fsp3) is 0.450. The van der Waals surface area contributed by atoms with E-state index in [0.717, 1.165) is 30.8 Å². The number of hydrogen-bond acceptors (Lipinski definition) is 4. The van der Waals surface area contributed by atoms with Gasteiger partial charge in [0.05, 0.1) is 24.3 Å². The van der Waals surface area contributed by atoms with Crippen molar-refractivity contribution in [1.29, 1.82) is 0 Å². The molecule has 25 heavy (non-hydrogen) atoms. The van der Waals surface area contributed by atoms with Gasteiger partial charge in [-0.05, 0) is 30.5 Å². The van der Waals surface area contributed by atoms with Crippen molar-refractivity contribution < 1.29 is 14.6 Å². The molecule has 5 rings (SSSR count). The lowest BCUT2D eigenvalue weighted by Crippen LogP contribution is -2.69. The average molecular weight is 338 g/mol. The van der Waals surface area contributed by atoms with Crippen LogP contribution in [0.25, 0.3) is 0 Å². The van der Waals surface area contributed by atoms with Crippen LogP contribution in [0.15, 0.2) is 48.1 Å². The van der Waals surface area contributed by atoms with Crippen LogP contribution in [0.5, 0.6) is 0 Å². The number of nitrogens with zero attached hydrogens (tertiary/aromatic N) is 2. The van der Waals surface area contributed by atoms with Gasteiger partial charge in [0.25, 0.3) is 0 Å². The first-order valence-corrected chi connectivity index (χ1v) is 8.87. The molecule has 0 radical (unpaired) electrons. The first-order valence-electron chi connectivity index (χ1n) is 8.87. The van der Waals surface area contributed by atoms with Gasteiger partial charge < -0.3 is 9.84 Å². The summed E-state index contributed by atoms with van der Waals surface area (Å²) in [7, 11) is 1.43. The molecule has 0 bridgehead atoms. The molecular weight excluding hydrogens is 316 g/mol. The molecule has 1 N–H and O–H groups in total. The van der Waals surface area contributed by atoms with E-state index in [1.807, 2.05) is 29.2 Å². The molecule has 4 atom stereocenters. The Kier molecular flexibility index (Phi) is 2.88. The van der Waals surface area contributed by atoms with E-state index in [2.05, 4.69) is 30.0 Å². The third kappa shape index (κ3) is 1.39. The van der Waals surface area contributed by atoms with Gasteiger partial charge in [-0.3, -0.25) is 9.80 Å². The van der Waals surface area contributed by atoms with Crippen LogP contribution < -0.4 is 4.90 Å². The van der Waals surface area contributed by atoms with Crippen LogP contribution in [0.3, 0.4) is 0 Å². The molecule has 0 unspecified atom stereocenters. The molecule has 1 amide bonds. The predicted molar refractivity (Wildman–Crippen MR) is 94.3 cm³/mol. The molecule has 5 heteroatoms. The van der Waals surface area contributed by atoms with E-state index in [0.29, 0.717) is 0 Å². The highest BCUT2D eigenvalue weighted by atomic mass is 16.5. The second kappa shape index (κ2) is 4.74. The monoisotopic (exact) mass is 338 g/mol. The number of anilines is 1. The molecule has 2 saturated heterocycles. The Balaban J connectivity index is 1.89. The summed E-state index contributed by atoms with van der Waals surface area (Å²) in [5, 5.41) is 11.2. The van der Waals surface area contributed by atoms with Crippen molar-refractivity contribution in [3.63, 3.8) is 0 Å². The SMILES string of the molecule is C/C=C1/CN2CC[C@]34c5ccccc5N(C(=O)OC)[C@]23[C@H]1C=C[C@@H]4O. The number of hydrogen-bond donors (Lipinski definition) is 1. The van der Waals surface area contributed by atoms with Gasteiger partial charge in [-0.2, -0.15) is 0 Å². The van der Waals surface area contributed by atoms with Crippen LogP contribution in [0.1, 0.15) is 18.9 Å². The maximum absolute atomic E-state index is 12.9. The molecule has 0 saturated carbocycles. The number of aliphatic hydroxyl groups excluding tert-OH is 1. The number of carbonyl (C=O) groups excluding carboxylic acids is 1. The minimum absolute atomic E-state index is 0.0647. The minimum Gasteiger partial charge on any atom is -0.452 e. The summed E-state index contributed by atoms with van der Waals surface area (Å²) in [5.41, 5.74) is 2.10. The third-order valence-electron chi connectivity index (χ3n) is 6.81. The van der Waals surface area contributed by atoms with Gasteiger partial charge >= 0.3 is 6.09 Å². The molecule has 4 aliphatic rings. The van der Waals surface area contributed by atoms with Gasteiger partial charge in [0.15, 0.2) is 0 Å². The lowest BCUT2D eigenvalue weighted by molar-refractivity contribution is 0.0189. The quantitative estimate of drug-likeness (QED) is 0.738. The molecule has 2 fully saturated rings. The number of allylic oxidation sites excluding steroid dienone is 1. The maximum Gasteiger partial charge on any atom is 0.415 e. The summed E-state index contributed by atoms with van der Waals surface area (Å²) in [6, 6.07) is 7.98. The number of amides is 1. The highest BCUT2D eigenvalue weighted by Gasteiger charge is 2.77. The predicted octanol–water partition coefficient (Wildman–Crippen LogP) is 2.42. The summed E-state index contributed by atoms with van der Waals surface area (Å²) in [6.07, 6.45) is 6.02. The number of benzene rings is 1. The largest absolute Gasteiger partial charge is 0.452 e. The van der Waals surface area contributed by atoms with Gasteiger partial charge in [-0.15, -0.1) is 0 Å². The van der Waals surface area contributed by atoms with Crippen molar-refractivity contribution in [3.8, 4) is 0 Å². The summed E-state index contributed by atoms with van der Waals surface area (Å²) >= 11 is 0. The number of para-hydroxylation sites is 1. The van der Waals surface area contributed by atoms with Gasteiger partial charge in [0.1, 0.15) is 5.66 Å². The van der Waals surface area contributed by atoms with E-state index < -0.39 is 17.2 Å². The fourth-order valence-corrected chi connectivity index (χ4v) is 6.00. The van der Waals surface area contributed by atoms with Gasteiger partial charge in [0.2, 0.25) is 0 Å². The topological polar surface area (TPSA) is 53.0 Å². The number of carbonyl (C=O) groups is 1. The normalized spacial score (nSPS) is 39.5. The third-order valence-corrected chi connectivity index (χ3v) is 6.81. The van der Waals surface area contributed by atoms with E-state index in [1.165, 1.54) is 12.7 Å². The average Bonchev–Trinajstić information content (AvgIpc) is 3.22. The first kappa shape index (κ1) is 15.2. The molecule has 0 aromatic heterocycles. The van der Waals surface area contributed by atoms with Crippen molar-refractivity contribution in [3.05, 3.63) is 53.6 Å². The van der Waals surface area contributed by atoms with Crippen molar-refractivity contribution >= 4 is 11.8 Å². The van der Waals surface area contributed by atoms with E-state index >= 15 is 0 Å². The Morgan fingerprint density at radius 2 is 2.16 bits per heavy atom. The van der Waals surface area contributed by atoms with Crippen LogP contribution >= 0.6 is 0 Å². The second-order valence-corrected chi connectivity index (χ2v) is 7.36. The minimum atomic E-state index is -0.624. The number of ether oxygens (including phenoxy) is 1. The van der Waals surface area contributed by atoms with E-state index in [1.54, 1.807) is 0 Å². The van der Waals surface area contributed by atoms with Crippen LogP contribution in [-0.4, -0.2) is 48.1 Å². The zero-order valence-electron chi connectivity index (χ0n) is 14.5. The Labute approximate surface area is 147 Å². The van der Waals surface area contributed by atoms with Crippen molar-refractivity contribution in [1.82, 2.24) is 4.90 Å². The van der Waals surface area contributed by atoms with Crippen LogP contribution in [-0.2, 0) is 10.2 Å². The Hall–Kier alpha value is -2.11. The molecular formula is C20H22N2O3. The highest BCUT2D eigenvalue weighted by molar-refractivity contribution is 5.95. The number of fused-ring (bicyclic) bond motifs is 1. The van der Waals surface area contributed by atoms with Crippen LogP contribution in [0.2, 0.25) is 0 Å². The van der Waals surface area contributed by atoms with E-state index in [9.17, 15) is 9.90 Å². The molecule has 1 aromatic carbocycles. The molecule has 3 heterocycles. The summed E-state index contributed by atoms with van der Waals surface area (Å²) < 4.78 is 5.20. The molecule has 1 spiro atoms. The van der Waals surface area contributed by atoms with Crippen molar-refractivity contribution in [2.45, 2.75) is 30.5 Å². The van der Waals surface area contributed by atoms with Crippen LogP contribution in [0, 0.1) is 5.92 Å². The Morgan fingerprint density at radius 3 is 2.92 bits per heavy atom. The highest BCUT2D eigenvalue weighted by Crippen LogP contribution is 2.68. The zero-order valence-corrected chi connectivity index (χ0v) is 14.5. The Morgan fingerprint density at radius 1 is 1.36 bits per heavy atom. The van der Waals surface area contributed by atoms with Crippen LogP contribution in [0.4, 0.5) is 10.5 Å². The smallest absolute Gasteiger partial charge is 0.415 e. The number of rotatable bonds is 0. The summed E-state index contributed by atoms with van der Waals surface area (Å²) in [6.45, 7) is 3.73. The van der Waals surface area contributed by atoms with Crippen molar-refractivity contribution in [2.75, 3.05) is 25.1 Å². The fourth-order valence-electron chi connectivity index (χ4n) is 6.00. The van der Waals surface area contributed by atoms with Crippen molar-refractivity contribution in [2.24, 2.45) is 5.92 Å². The van der Waals surface area contributed by atoms with E-state index in [4.69, 9.17) is 4.74 Å². The molecule has 130 valence electrons. The lowest BCUT2D eigenvalue weighted by atomic mass is 9.61. The first-order chi connectivity index (χ1) is 12.1. The molecule has 3 aliphatic heterocycles. The molecule has 5 nitrogen and oxygen atoms in total. The Bertz CT molecular complexity index is 832. The molecule has 1 aromatic rings. The standard InChI is InChI=1S/C20H22N2O3/c1-3-13-12-21-11-10-19-15-6-4-5-7-16(15)22(18(24)25-2)20(19,21)14(13)8-9-17(19)23/h3-9,14,17,23H,10-12H2,1-2H3/b13-3-/t14-,17-,19+,20-/m0/s1. The van der Waals surface area contributed by atoms with Gasteiger partial charge in [-0.25, -0.2) is 4.79 Å². The molecule has 1 aliphatic carbocycles. The number of aliphatic hydroxyl groups is 1. The summed E-state index contributed by atoms with van der Waals surface area (Å²) in [5.74, 6) is 0.0647. The van der Waals surface area contributed by atoms with E-state index in [-0.39, 0.29) is 12.0 Å². The maximum atomic E-state index is 12.9. The van der Waals surface area contributed by atoms with Gasteiger partial charge in [0, 0.05) is 19.0 Å². The number of methoxy groups -OCH3 is 1.